The van der Waals surface area contributed by atoms with Crippen molar-refractivity contribution in [3.05, 3.63) is 99.5 Å². The maximum Gasteiger partial charge on any atom is 0.243 e. The second-order valence-electron chi connectivity index (χ2n) is 8.47. The molecule has 2 amide bonds. The van der Waals surface area contributed by atoms with Crippen LogP contribution in [0.2, 0.25) is 5.02 Å². The van der Waals surface area contributed by atoms with Crippen LogP contribution in [0.1, 0.15) is 18.1 Å². The first kappa shape index (κ1) is 28.8. The van der Waals surface area contributed by atoms with Gasteiger partial charge in [-0.15, -0.1) is 0 Å². The van der Waals surface area contributed by atoms with Gasteiger partial charge in [-0.05, 0) is 54.4 Å². The van der Waals surface area contributed by atoms with Crippen LogP contribution in [0.15, 0.2) is 88.2 Å². The fourth-order valence-electron chi connectivity index (χ4n) is 3.83. The van der Waals surface area contributed by atoms with Crippen LogP contribution in [0.3, 0.4) is 0 Å². The molecule has 0 aliphatic carbocycles. The van der Waals surface area contributed by atoms with Crippen molar-refractivity contribution in [2.24, 2.45) is 0 Å². The number of nitrogens with one attached hydrogen (secondary N) is 1. The lowest BCUT2D eigenvalue weighted by Crippen LogP contribution is -2.53. The molecule has 0 radical (unpaired) electrons. The van der Waals surface area contributed by atoms with Crippen LogP contribution in [0.4, 0.5) is 0 Å². The third kappa shape index (κ3) is 7.88. The Morgan fingerprint density at radius 3 is 2.24 bits per heavy atom. The lowest BCUT2D eigenvalue weighted by atomic mass is 10.0. The predicted octanol–water partition coefficient (Wildman–Crippen LogP) is 4.50. The lowest BCUT2D eigenvalue weighted by Gasteiger charge is -2.32. The Morgan fingerprint density at radius 2 is 1.62 bits per heavy atom. The number of amides is 2. The first-order valence-electron chi connectivity index (χ1n) is 11.7. The van der Waals surface area contributed by atoms with E-state index in [9.17, 15) is 18.0 Å². The molecule has 0 spiro atoms. The quantitative estimate of drug-likeness (QED) is 0.348. The summed E-state index contributed by atoms with van der Waals surface area (Å²) in [6.45, 7) is 1.89. The summed E-state index contributed by atoms with van der Waals surface area (Å²) in [5.74, 6) is -0.801. The van der Waals surface area contributed by atoms with Crippen LogP contribution in [0, 0.1) is 0 Å². The molecule has 0 saturated carbocycles. The van der Waals surface area contributed by atoms with Crippen molar-refractivity contribution in [1.29, 1.82) is 0 Å². The number of nitrogens with zero attached hydrogens (tertiary/aromatic N) is 2. The van der Waals surface area contributed by atoms with E-state index in [2.05, 4.69) is 21.2 Å². The van der Waals surface area contributed by atoms with Crippen LogP contribution >= 0.6 is 27.5 Å². The number of hydrogen-bond donors (Lipinski definition) is 1. The van der Waals surface area contributed by atoms with Crippen LogP contribution in [0.5, 0.6) is 0 Å². The fourth-order valence-corrected chi connectivity index (χ4v) is 5.52. The van der Waals surface area contributed by atoms with E-state index in [0.29, 0.717) is 11.6 Å². The number of carbonyl (C=O) groups excluding carboxylic acids is 2. The van der Waals surface area contributed by atoms with E-state index in [1.54, 1.807) is 0 Å². The highest BCUT2D eigenvalue weighted by Crippen LogP contribution is 2.20. The van der Waals surface area contributed by atoms with Gasteiger partial charge in [0.1, 0.15) is 6.04 Å². The van der Waals surface area contributed by atoms with Gasteiger partial charge in [-0.3, -0.25) is 9.59 Å². The highest BCUT2D eigenvalue weighted by molar-refractivity contribution is 9.10. The minimum absolute atomic E-state index is 0.0234. The van der Waals surface area contributed by atoms with Gasteiger partial charge in [-0.25, -0.2) is 8.42 Å². The van der Waals surface area contributed by atoms with Crippen LogP contribution in [-0.4, -0.2) is 55.6 Å². The number of likely N-dealkylation sites (N-methyl/N-ethyl adjacent to an activating group) is 2. The summed E-state index contributed by atoms with van der Waals surface area (Å²) in [4.78, 5) is 28.4. The molecule has 0 aliphatic heterocycles. The summed E-state index contributed by atoms with van der Waals surface area (Å²) in [5.41, 5.74) is 1.68. The second-order valence-corrected chi connectivity index (χ2v) is 11.9. The van der Waals surface area contributed by atoms with Crippen molar-refractivity contribution in [2.45, 2.75) is 30.8 Å². The zero-order valence-corrected chi connectivity index (χ0v) is 23.8. The van der Waals surface area contributed by atoms with Crippen molar-refractivity contribution in [2.75, 3.05) is 20.1 Å². The molecule has 1 atom stereocenters. The topological polar surface area (TPSA) is 86.8 Å². The highest BCUT2D eigenvalue weighted by Gasteiger charge is 2.32. The van der Waals surface area contributed by atoms with Gasteiger partial charge in [0.25, 0.3) is 0 Å². The number of halogens is 2. The van der Waals surface area contributed by atoms with E-state index in [0.717, 1.165) is 19.9 Å². The van der Waals surface area contributed by atoms with Gasteiger partial charge >= 0.3 is 0 Å². The maximum atomic E-state index is 13.7. The van der Waals surface area contributed by atoms with Crippen molar-refractivity contribution in [3.63, 3.8) is 0 Å². The maximum absolute atomic E-state index is 13.7. The molecular weight excluding hydrogens is 578 g/mol. The molecule has 0 fully saturated rings. The van der Waals surface area contributed by atoms with Gasteiger partial charge in [0, 0.05) is 36.1 Å². The Morgan fingerprint density at radius 1 is 0.973 bits per heavy atom. The molecule has 0 aromatic heterocycles. The SMILES string of the molecule is CCNC(=O)[C@H](Cc1ccccc1)N(Cc1cccc(Br)c1)C(=O)CN(C)S(=O)(=O)c1ccc(Cl)cc1. The average molecular weight is 607 g/mol. The summed E-state index contributed by atoms with van der Waals surface area (Å²) in [6, 6.07) is 21.8. The molecule has 0 heterocycles. The lowest BCUT2D eigenvalue weighted by molar-refractivity contribution is -0.141. The first-order valence-corrected chi connectivity index (χ1v) is 14.3. The fraction of sp³-hybridized carbons (Fsp3) is 0.259. The zero-order valence-electron chi connectivity index (χ0n) is 20.6. The molecule has 37 heavy (non-hydrogen) atoms. The third-order valence-corrected chi connectivity index (χ3v) is 8.31. The molecule has 3 rings (SSSR count). The minimum atomic E-state index is -3.96. The zero-order chi connectivity index (χ0) is 27.0. The normalized spacial score (nSPS) is 12.2. The predicted molar refractivity (Wildman–Crippen MR) is 149 cm³/mol. The van der Waals surface area contributed by atoms with E-state index < -0.39 is 28.5 Å². The Bertz CT molecular complexity index is 1320. The smallest absolute Gasteiger partial charge is 0.243 e. The van der Waals surface area contributed by atoms with Gasteiger partial charge < -0.3 is 10.2 Å². The molecule has 0 bridgehead atoms. The third-order valence-electron chi connectivity index (χ3n) is 5.74. The number of rotatable bonds is 11. The highest BCUT2D eigenvalue weighted by atomic mass is 79.9. The van der Waals surface area contributed by atoms with Gasteiger partial charge in [-0.1, -0.05) is 70.0 Å². The molecule has 0 saturated heterocycles. The molecule has 0 aliphatic rings. The Labute approximate surface area is 231 Å². The summed E-state index contributed by atoms with van der Waals surface area (Å²) in [6.07, 6.45) is 0.278. The minimum Gasteiger partial charge on any atom is -0.355 e. The van der Waals surface area contributed by atoms with Crippen molar-refractivity contribution >= 4 is 49.4 Å². The Kier molecular flexibility index (Phi) is 10.3. The largest absolute Gasteiger partial charge is 0.355 e. The van der Waals surface area contributed by atoms with Crippen LogP contribution in [0.25, 0.3) is 0 Å². The van der Waals surface area contributed by atoms with Crippen molar-refractivity contribution in [3.8, 4) is 0 Å². The molecule has 196 valence electrons. The molecule has 0 unspecified atom stereocenters. The second kappa shape index (κ2) is 13.2. The number of benzene rings is 3. The summed E-state index contributed by atoms with van der Waals surface area (Å²) >= 11 is 9.35. The van der Waals surface area contributed by atoms with Gasteiger partial charge in [0.15, 0.2) is 0 Å². The Hall–Kier alpha value is -2.72. The van der Waals surface area contributed by atoms with E-state index in [1.807, 2.05) is 61.5 Å². The van der Waals surface area contributed by atoms with Gasteiger partial charge in [0.2, 0.25) is 21.8 Å². The van der Waals surface area contributed by atoms with E-state index >= 15 is 0 Å². The number of sulfonamides is 1. The molecule has 7 nitrogen and oxygen atoms in total. The Balaban J connectivity index is 1.95. The molecule has 10 heteroatoms. The molecular formula is C27H29BrClN3O4S. The summed E-state index contributed by atoms with van der Waals surface area (Å²) < 4.78 is 28.1. The van der Waals surface area contributed by atoms with E-state index in [-0.39, 0.29) is 23.8 Å². The first-order chi connectivity index (χ1) is 17.6. The van der Waals surface area contributed by atoms with Crippen LogP contribution < -0.4 is 5.32 Å². The summed E-state index contributed by atoms with van der Waals surface area (Å²) in [5, 5.41) is 3.23. The van der Waals surface area contributed by atoms with Crippen molar-refractivity contribution in [1.82, 2.24) is 14.5 Å². The van der Waals surface area contributed by atoms with E-state index in [1.165, 1.54) is 36.2 Å². The standard InChI is InChI=1S/C27H29BrClN3O4S/c1-3-30-27(34)25(17-20-8-5-4-6-9-20)32(18-21-10-7-11-22(28)16-21)26(33)19-31(2)37(35,36)24-14-12-23(29)13-15-24/h4-16,25H,3,17-19H2,1-2H3,(H,30,34)/t25-/m0/s1. The summed E-state index contributed by atoms with van der Waals surface area (Å²) in [7, 11) is -2.62. The van der Waals surface area contributed by atoms with Gasteiger partial charge in [0.05, 0.1) is 11.4 Å². The molecule has 3 aromatic carbocycles. The van der Waals surface area contributed by atoms with Gasteiger partial charge in [-0.2, -0.15) is 4.31 Å². The average Bonchev–Trinajstić information content (AvgIpc) is 2.87. The number of hydrogen-bond acceptors (Lipinski definition) is 4. The van der Waals surface area contributed by atoms with Crippen molar-refractivity contribution < 1.29 is 18.0 Å². The molecule has 1 N–H and O–H groups in total. The van der Waals surface area contributed by atoms with Crippen LogP contribution in [-0.2, 0) is 32.6 Å². The van der Waals surface area contributed by atoms with E-state index in [4.69, 9.17) is 11.6 Å². The monoisotopic (exact) mass is 605 g/mol. The molecule has 3 aromatic rings. The number of carbonyl (C=O) groups is 2.